The van der Waals surface area contributed by atoms with Crippen LogP contribution in [-0.4, -0.2) is 9.52 Å². The molecule has 8 heavy (non-hydrogen) atoms. The van der Waals surface area contributed by atoms with E-state index in [2.05, 4.69) is 0 Å². The summed E-state index contributed by atoms with van der Waals surface area (Å²) in [5, 5.41) is 0. The van der Waals surface area contributed by atoms with Crippen LogP contribution in [0.4, 0.5) is 0 Å². The molecule has 0 atom stereocenters. The van der Waals surface area contributed by atoms with Gasteiger partial charge in [-0.1, -0.05) is 31.4 Å². The van der Waals surface area contributed by atoms with Crippen LogP contribution in [0.15, 0.2) is 0 Å². The van der Waals surface area contributed by atoms with Crippen molar-refractivity contribution in [3.8, 4) is 0 Å². The Balaban J connectivity index is 0. The maximum absolute atomic E-state index is 1.53. The van der Waals surface area contributed by atoms with Crippen LogP contribution in [0.25, 0.3) is 0 Å². The van der Waals surface area contributed by atoms with Gasteiger partial charge in [0.15, 0.2) is 0 Å². The van der Waals surface area contributed by atoms with E-state index < -0.39 is 0 Å². The van der Waals surface area contributed by atoms with Gasteiger partial charge in [0.25, 0.3) is 0 Å². The fraction of sp³-hybridized carbons (Fsp3) is 1.00. The van der Waals surface area contributed by atoms with Crippen molar-refractivity contribution >= 4 is 9.52 Å². The molecule has 0 spiro atoms. The third kappa shape index (κ3) is 5.73. The number of hydrogen-bond donors (Lipinski definition) is 0. The number of rotatable bonds is 0. The Morgan fingerprint density at radius 3 is 1.38 bits per heavy atom. The van der Waals surface area contributed by atoms with E-state index in [1.165, 1.54) is 40.9 Å². The molecule has 0 aromatic carbocycles. The minimum atomic E-state index is 0. The SMILES string of the molecule is C1CC[Si]CC1.[W].[W]. The molecule has 0 bridgehead atoms. The fourth-order valence-electron chi connectivity index (χ4n) is 0.802. The Hall–Kier alpha value is 1.59. The van der Waals surface area contributed by atoms with E-state index in [1.807, 2.05) is 0 Å². The maximum Gasteiger partial charge on any atom is 0.0378 e. The van der Waals surface area contributed by atoms with Crippen molar-refractivity contribution in [3.05, 3.63) is 0 Å². The van der Waals surface area contributed by atoms with Crippen molar-refractivity contribution in [3.63, 3.8) is 0 Å². The second-order valence-corrected chi connectivity index (χ2v) is 3.31. The van der Waals surface area contributed by atoms with E-state index >= 15 is 0 Å². The third-order valence-electron chi connectivity index (χ3n) is 1.21. The monoisotopic (exact) mass is 466 g/mol. The third-order valence-corrected chi connectivity index (χ3v) is 2.62. The minimum Gasteiger partial charge on any atom is -0.0612 e. The average molecular weight is 466 g/mol. The normalized spacial score (nSPS) is 18.0. The Morgan fingerprint density at radius 1 is 0.750 bits per heavy atom. The second kappa shape index (κ2) is 8.59. The predicted molar refractivity (Wildman–Crippen MR) is 29.2 cm³/mol. The summed E-state index contributed by atoms with van der Waals surface area (Å²) in [6.45, 7) is 0. The Kier molecular flexibility index (Phi) is 13.2. The van der Waals surface area contributed by atoms with E-state index in [0.29, 0.717) is 0 Å². The van der Waals surface area contributed by atoms with Gasteiger partial charge in [-0.2, -0.15) is 0 Å². The van der Waals surface area contributed by atoms with Crippen LogP contribution < -0.4 is 0 Å². The maximum atomic E-state index is 1.53. The van der Waals surface area contributed by atoms with Gasteiger partial charge in [0, 0.05) is 51.7 Å². The van der Waals surface area contributed by atoms with Crippen molar-refractivity contribution < 1.29 is 42.1 Å². The van der Waals surface area contributed by atoms with Crippen molar-refractivity contribution in [2.45, 2.75) is 31.4 Å². The Bertz CT molecular complexity index is 25.9. The molecule has 0 N–H and O–H groups in total. The zero-order chi connectivity index (χ0) is 4.24. The minimum absolute atomic E-state index is 0. The molecule has 0 nitrogen and oxygen atoms in total. The molecule has 1 aliphatic heterocycles. The van der Waals surface area contributed by atoms with Crippen LogP contribution in [0.5, 0.6) is 0 Å². The van der Waals surface area contributed by atoms with Gasteiger partial charge in [0.1, 0.15) is 0 Å². The fourth-order valence-corrected chi connectivity index (χ4v) is 2.05. The smallest absolute Gasteiger partial charge is 0.0378 e. The molecule has 0 aromatic heterocycles. The molecule has 1 heterocycles. The quantitative estimate of drug-likeness (QED) is 0.478. The molecule has 1 rings (SSSR count). The summed E-state index contributed by atoms with van der Waals surface area (Å²) >= 11 is 0. The molecule has 1 aliphatic rings. The molecule has 3 heteroatoms. The molecular formula is C5H10SiW2. The van der Waals surface area contributed by atoms with Crippen molar-refractivity contribution in [2.75, 3.05) is 0 Å². The van der Waals surface area contributed by atoms with Crippen LogP contribution in [0.1, 0.15) is 19.3 Å². The zero-order valence-electron chi connectivity index (χ0n) is 4.85. The van der Waals surface area contributed by atoms with Crippen molar-refractivity contribution in [2.24, 2.45) is 0 Å². The molecule has 0 saturated carbocycles. The van der Waals surface area contributed by atoms with Gasteiger partial charge >= 0.3 is 0 Å². The van der Waals surface area contributed by atoms with Crippen molar-refractivity contribution in [1.29, 1.82) is 0 Å². The summed E-state index contributed by atoms with van der Waals surface area (Å²) in [5.74, 6) is 0. The summed E-state index contributed by atoms with van der Waals surface area (Å²) < 4.78 is 0. The van der Waals surface area contributed by atoms with Gasteiger partial charge in [-0.3, -0.25) is 0 Å². The van der Waals surface area contributed by atoms with E-state index in [9.17, 15) is 0 Å². The molecular weight excluding hydrogens is 456 g/mol. The van der Waals surface area contributed by atoms with Crippen LogP contribution in [0.3, 0.4) is 0 Å². The van der Waals surface area contributed by atoms with Gasteiger partial charge in [0.05, 0.1) is 0 Å². The van der Waals surface area contributed by atoms with Gasteiger partial charge in [0.2, 0.25) is 0 Å². The average Bonchev–Trinajstić information content (AvgIpc) is 1.72. The largest absolute Gasteiger partial charge is 0.0612 e. The summed E-state index contributed by atoms with van der Waals surface area (Å²) in [6, 6.07) is 3.06. The first-order valence-electron chi connectivity index (χ1n) is 2.71. The van der Waals surface area contributed by atoms with Crippen LogP contribution >= 0.6 is 0 Å². The van der Waals surface area contributed by atoms with Crippen LogP contribution in [0, 0.1) is 0 Å². The number of hydrogen-bond acceptors (Lipinski definition) is 0. The second-order valence-electron chi connectivity index (χ2n) is 1.81. The van der Waals surface area contributed by atoms with Gasteiger partial charge in [-0.05, 0) is 0 Å². The summed E-state index contributed by atoms with van der Waals surface area (Å²) in [6.07, 6.45) is 4.53. The predicted octanol–water partition coefficient (Wildman–Crippen LogP) is 1.71. The summed E-state index contributed by atoms with van der Waals surface area (Å²) in [4.78, 5) is 0. The van der Waals surface area contributed by atoms with Crippen LogP contribution in [-0.2, 0) is 42.1 Å². The Morgan fingerprint density at radius 2 is 1.25 bits per heavy atom. The molecule has 1 fully saturated rings. The molecule has 0 aromatic rings. The topological polar surface area (TPSA) is 0 Å². The zero-order valence-corrected chi connectivity index (χ0v) is 11.7. The van der Waals surface area contributed by atoms with E-state index in [0.717, 1.165) is 0 Å². The van der Waals surface area contributed by atoms with Gasteiger partial charge in [-0.25, -0.2) is 0 Å². The van der Waals surface area contributed by atoms with Gasteiger partial charge in [-0.15, -0.1) is 0 Å². The van der Waals surface area contributed by atoms with E-state index in [4.69, 9.17) is 0 Å². The van der Waals surface area contributed by atoms with E-state index in [1.54, 1.807) is 0 Å². The standard InChI is InChI=1S/C5H10Si.2W/c1-2-4-6-5-3-1;;/h1-5H2;;. The van der Waals surface area contributed by atoms with Crippen molar-refractivity contribution in [1.82, 2.24) is 0 Å². The van der Waals surface area contributed by atoms with Gasteiger partial charge < -0.3 is 0 Å². The molecule has 1 saturated heterocycles. The Labute approximate surface area is 82.5 Å². The molecule has 2 radical (unpaired) electrons. The summed E-state index contributed by atoms with van der Waals surface area (Å²) in [7, 11) is 1.30. The molecule has 0 unspecified atom stereocenters. The molecule has 0 amide bonds. The van der Waals surface area contributed by atoms with E-state index in [-0.39, 0.29) is 42.1 Å². The van der Waals surface area contributed by atoms with Crippen LogP contribution in [0.2, 0.25) is 12.1 Å². The molecule has 46 valence electrons. The first-order chi connectivity index (χ1) is 3.00. The first kappa shape index (κ1) is 12.3. The molecule has 0 aliphatic carbocycles. The first-order valence-corrected chi connectivity index (χ1v) is 4.12. The summed E-state index contributed by atoms with van der Waals surface area (Å²) in [5.41, 5.74) is 0.